The molecule has 3 heteroatoms. The van der Waals surface area contributed by atoms with Crippen LogP contribution >= 0.6 is 0 Å². The van der Waals surface area contributed by atoms with E-state index in [0.29, 0.717) is 0 Å². The molecule has 0 heterocycles. The molecular formula is C10H15N3. The van der Waals surface area contributed by atoms with Crippen LogP contribution in [-0.4, -0.2) is 25.4 Å². The zero-order chi connectivity index (χ0) is 9.52. The predicted octanol–water partition coefficient (Wildman–Crippen LogP) is 1.28. The van der Waals surface area contributed by atoms with Crippen molar-refractivity contribution in [3.8, 4) is 0 Å². The predicted molar refractivity (Wildman–Crippen MR) is 55.5 cm³/mol. The molecule has 1 aromatic carbocycles. The molecule has 3 nitrogen and oxygen atoms in total. The van der Waals surface area contributed by atoms with E-state index in [1.54, 1.807) is 6.34 Å². The highest BCUT2D eigenvalue weighted by atomic mass is 15.5. The number of benzene rings is 1. The summed E-state index contributed by atoms with van der Waals surface area (Å²) in [5.74, 6) is 0. The molecular weight excluding hydrogens is 162 g/mol. The third-order valence-corrected chi connectivity index (χ3v) is 1.52. The molecule has 0 bridgehead atoms. The molecule has 13 heavy (non-hydrogen) atoms. The topological polar surface area (TPSA) is 27.6 Å². The summed E-state index contributed by atoms with van der Waals surface area (Å²) in [6.45, 7) is 0.724. The maximum Gasteiger partial charge on any atom is 0.0972 e. The molecule has 0 aliphatic carbocycles. The van der Waals surface area contributed by atoms with Crippen molar-refractivity contribution in [3.63, 3.8) is 0 Å². The zero-order valence-electron chi connectivity index (χ0n) is 8.07. The van der Waals surface area contributed by atoms with Crippen LogP contribution in [0.25, 0.3) is 0 Å². The quantitative estimate of drug-likeness (QED) is 0.426. The van der Waals surface area contributed by atoms with Crippen LogP contribution < -0.4 is 5.43 Å². The summed E-state index contributed by atoms with van der Waals surface area (Å²) >= 11 is 0. The Morgan fingerprint density at radius 1 is 1.31 bits per heavy atom. The van der Waals surface area contributed by atoms with Crippen molar-refractivity contribution in [1.29, 1.82) is 0 Å². The molecule has 0 radical (unpaired) electrons. The van der Waals surface area contributed by atoms with Crippen LogP contribution in [0.5, 0.6) is 0 Å². The van der Waals surface area contributed by atoms with Gasteiger partial charge >= 0.3 is 0 Å². The van der Waals surface area contributed by atoms with Gasteiger partial charge in [-0.15, -0.1) is 0 Å². The largest absolute Gasteiger partial charge is 0.310 e. The van der Waals surface area contributed by atoms with Crippen LogP contribution in [0.1, 0.15) is 5.56 Å². The zero-order valence-corrected chi connectivity index (χ0v) is 8.07. The molecule has 0 atom stereocenters. The van der Waals surface area contributed by atoms with E-state index >= 15 is 0 Å². The van der Waals surface area contributed by atoms with Gasteiger partial charge in [0.1, 0.15) is 0 Å². The van der Waals surface area contributed by atoms with Gasteiger partial charge in [0.2, 0.25) is 0 Å². The first-order valence-electron chi connectivity index (χ1n) is 4.25. The van der Waals surface area contributed by atoms with Gasteiger partial charge < -0.3 is 5.43 Å². The highest BCUT2D eigenvalue weighted by molar-refractivity contribution is 5.53. The molecule has 0 fully saturated rings. The second kappa shape index (κ2) is 5.32. The van der Waals surface area contributed by atoms with Crippen molar-refractivity contribution < 1.29 is 0 Å². The van der Waals surface area contributed by atoms with Crippen molar-refractivity contribution >= 4 is 6.34 Å². The van der Waals surface area contributed by atoms with Crippen molar-refractivity contribution in [2.45, 2.75) is 6.54 Å². The van der Waals surface area contributed by atoms with Gasteiger partial charge in [-0.1, -0.05) is 30.3 Å². The van der Waals surface area contributed by atoms with Gasteiger partial charge in [-0.05, 0) is 5.56 Å². The number of hydrazine groups is 1. The Balaban J connectivity index is 2.31. The minimum atomic E-state index is 0.724. The molecule has 0 unspecified atom stereocenters. The summed E-state index contributed by atoms with van der Waals surface area (Å²) in [6.07, 6.45) is 1.70. The SMILES string of the molecule is CN(C)NC=NCc1ccccc1. The van der Waals surface area contributed by atoms with Crippen LogP contribution in [0.15, 0.2) is 35.3 Å². The van der Waals surface area contributed by atoms with E-state index in [-0.39, 0.29) is 0 Å². The Hall–Kier alpha value is -1.35. The van der Waals surface area contributed by atoms with Crippen molar-refractivity contribution in [1.82, 2.24) is 10.4 Å². The maximum absolute atomic E-state index is 4.20. The van der Waals surface area contributed by atoms with Crippen molar-refractivity contribution in [2.24, 2.45) is 4.99 Å². The summed E-state index contributed by atoms with van der Waals surface area (Å²) < 4.78 is 0. The first kappa shape index (κ1) is 9.74. The maximum atomic E-state index is 4.20. The third kappa shape index (κ3) is 4.28. The fourth-order valence-corrected chi connectivity index (χ4v) is 0.891. The van der Waals surface area contributed by atoms with Crippen LogP contribution in [0.4, 0.5) is 0 Å². The van der Waals surface area contributed by atoms with Crippen LogP contribution in [0.2, 0.25) is 0 Å². The number of aliphatic imine (C=N–C) groups is 1. The molecule has 0 amide bonds. The van der Waals surface area contributed by atoms with Gasteiger partial charge in [0.15, 0.2) is 0 Å². The Kier molecular flexibility index (Phi) is 3.99. The molecule has 0 spiro atoms. The Morgan fingerprint density at radius 2 is 2.00 bits per heavy atom. The number of hydrogen-bond donors (Lipinski definition) is 1. The molecule has 1 N–H and O–H groups in total. The van der Waals surface area contributed by atoms with Crippen molar-refractivity contribution in [3.05, 3.63) is 35.9 Å². The molecule has 0 saturated carbocycles. The molecule has 0 saturated heterocycles. The van der Waals surface area contributed by atoms with Crippen LogP contribution in [0, 0.1) is 0 Å². The van der Waals surface area contributed by atoms with Crippen LogP contribution in [0.3, 0.4) is 0 Å². The minimum absolute atomic E-state index is 0.724. The lowest BCUT2D eigenvalue weighted by Crippen LogP contribution is -2.28. The van der Waals surface area contributed by atoms with Gasteiger partial charge in [0, 0.05) is 14.1 Å². The normalized spacial score (nSPS) is 11.0. The highest BCUT2D eigenvalue weighted by Crippen LogP contribution is 1.98. The van der Waals surface area contributed by atoms with E-state index < -0.39 is 0 Å². The second-order valence-electron chi connectivity index (χ2n) is 2.98. The van der Waals surface area contributed by atoms with E-state index in [1.807, 2.05) is 37.3 Å². The average molecular weight is 177 g/mol. The number of rotatable bonds is 4. The third-order valence-electron chi connectivity index (χ3n) is 1.52. The number of nitrogens with zero attached hydrogens (tertiary/aromatic N) is 2. The summed E-state index contributed by atoms with van der Waals surface area (Å²) in [5, 5.41) is 1.84. The highest BCUT2D eigenvalue weighted by Gasteiger charge is 1.85. The molecule has 0 aliphatic rings. The van der Waals surface area contributed by atoms with E-state index in [1.165, 1.54) is 5.56 Å². The first-order chi connectivity index (χ1) is 6.29. The fraction of sp³-hybridized carbons (Fsp3) is 0.300. The number of hydrogen-bond acceptors (Lipinski definition) is 2. The lowest BCUT2D eigenvalue weighted by Gasteiger charge is -2.06. The van der Waals surface area contributed by atoms with Crippen molar-refractivity contribution in [2.75, 3.05) is 14.1 Å². The molecule has 0 aromatic heterocycles. The van der Waals surface area contributed by atoms with Crippen LogP contribution in [-0.2, 0) is 6.54 Å². The fourth-order valence-electron chi connectivity index (χ4n) is 0.891. The van der Waals surface area contributed by atoms with E-state index in [0.717, 1.165) is 6.54 Å². The molecule has 0 aliphatic heterocycles. The lowest BCUT2D eigenvalue weighted by molar-refractivity contribution is 0.367. The molecule has 70 valence electrons. The molecule has 1 aromatic rings. The summed E-state index contributed by atoms with van der Waals surface area (Å²) in [7, 11) is 3.85. The monoisotopic (exact) mass is 177 g/mol. The van der Waals surface area contributed by atoms with Gasteiger partial charge in [0.05, 0.1) is 12.9 Å². The Morgan fingerprint density at radius 3 is 2.62 bits per heavy atom. The van der Waals surface area contributed by atoms with Gasteiger partial charge in [-0.2, -0.15) is 0 Å². The summed E-state index contributed by atoms with van der Waals surface area (Å²) in [5.41, 5.74) is 4.18. The Labute approximate surface area is 79.1 Å². The average Bonchev–Trinajstić information content (AvgIpc) is 2.14. The Bertz CT molecular complexity index is 254. The lowest BCUT2D eigenvalue weighted by atomic mass is 10.2. The van der Waals surface area contributed by atoms with Gasteiger partial charge in [-0.25, -0.2) is 5.01 Å². The second-order valence-corrected chi connectivity index (χ2v) is 2.98. The van der Waals surface area contributed by atoms with E-state index in [9.17, 15) is 0 Å². The minimum Gasteiger partial charge on any atom is -0.310 e. The van der Waals surface area contributed by atoms with Gasteiger partial charge in [0.25, 0.3) is 0 Å². The summed E-state index contributed by atoms with van der Waals surface area (Å²) in [6, 6.07) is 10.2. The standard InChI is InChI=1S/C10H15N3/c1-13(2)12-9-11-8-10-6-4-3-5-7-10/h3-7,9H,8H2,1-2H3,(H,11,12). The smallest absolute Gasteiger partial charge is 0.0972 e. The molecule has 1 rings (SSSR count). The summed E-state index contributed by atoms with van der Waals surface area (Å²) in [4.78, 5) is 4.20. The first-order valence-corrected chi connectivity index (χ1v) is 4.25. The number of nitrogens with one attached hydrogen (secondary N) is 1. The van der Waals surface area contributed by atoms with Gasteiger partial charge in [-0.3, -0.25) is 4.99 Å². The van der Waals surface area contributed by atoms with E-state index in [4.69, 9.17) is 0 Å². The van der Waals surface area contributed by atoms with E-state index in [2.05, 4.69) is 22.6 Å².